The maximum atomic E-state index is 12.8. The topological polar surface area (TPSA) is 46.5 Å². The van der Waals surface area contributed by atoms with Gasteiger partial charge in [0.15, 0.2) is 0 Å². The molecule has 0 radical (unpaired) electrons. The van der Waals surface area contributed by atoms with Gasteiger partial charge in [-0.1, -0.05) is 24.3 Å². The van der Waals surface area contributed by atoms with Crippen LogP contribution in [-0.2, 0) is 4.79 Å². The van der Waals surface area contributed by atoms with Gasteiger partial charge in [0.25, 0.3) is 0 Å². The number of ether oxygens (including phenoxy) is 1. The summed E-state index contributed by atoms with van der Waals surface area (Å²) in [5.41, 5.74) is 1.78. The summed E-state index contributed by atoms with van der Waals surface area (Å²) in [5, 5.41) is 8.53. The molecule has 2 aromatic rings. The Morgan fingerprint density at radius 2 is 1.84 bits per heavy atom. The first-order chi connectivity index (χ1) is 9.15. The van der Waals surface area contributed by atoms with E-state index in [0.29, 0.717) is 5.75 Å². The van der Waals surface area contributed by atoms with Crippen molar-refractivity contribution in [2.24, 2.45) is 0 Å². The zero-order chi connectivity index (χ0) is 13.7. The number of benzene rings is 2. The maximum absolute atomic E-state index is 12.8. The van der Waals surface area contributed by atoms with Crippen LogP contribution in [0.4, 0.5) is 4.39 Å². The molecule has 0 bridgehead atoms. The zero-order valence-corrected chi connectivity index (χ0v) is 10.2. The predicted octanol–water partition coefficient (Wildman–Crippen LogP) is 3.35. The Hall–Kier alpha value is -2.36. The highest BCUT2D eigenvalue weighted by molar-refractivity contribution is 5.67. The van der Waals surface area contributed by atoms with E-state index in [9.17, 15) is 9.18 Å². The summed E-state index contributed by atoms with van der Waals surface area (Å²) in [4.78, 5) is 10.4. The van der Waals surface area contributed by atoms with E-state index in [-0.39, 0.29) is 18.8 Å². The van der Waals surface area contributed by atoms with Crippen molar-refractivity contribution in [3.05, 3.63) is 54.3 Å². The van der Waals surface area contributed by atoms with Gasteiger partial charge in [0.2, 0.25) is 0 Å². The second-order valence-corrected chi connectivity index (χ2v) is 4.03. The molecule has 2 rings (SSSR count). The van der Waals surface area contributed by atoms with Crippen LogP contribution in [-0.4, -0.2) is 17.7 Å². The van der Waals surface area contributed by atoms with Gasteiger partial charge in [-0.3, -0.25) is 4.79 Å². The van der Waals surface area contributed by atoms with Crippen LogP contribution in [0.25, 0.3) is 11.1 Å². The van der Waals surface area contributed by atoms with Gasteiger partial charge in [0.05, 0.1) is 13.0 Å². The Kier molecular flexibility index (Phi) is 4.13. The molecule has 2 aromatic carbocycles. The standard InChI is InChI=1S/C15H13FO3/c16-13-6-4-11(5-7-13)12-2-1-3-14(10-12)19-9-8-15(17)18/h1-7,10H,8-9H2,(H,17,18). The molecule has 0 saturated carbocycles. The molecular formula is C15H13FO3. The van der Waals surface area contributed by atoms with Crippen molar-refractivity contribution in [1.29, 1.82) is 0 Å². The summed E-state index contributed by atoms with van der Waals surface area (Å²) in [6, 6.07) is 13.4. The van der Waals surface area contributed by atoms with Gasteiger partial charge in [-0.15, -0.1) is 0 Å². The molecule has 0 aliphatic heterocycles. The molecule has 0 aliphatic carbocycles. The highest BCUT2D eigenvalue weighted by atomic mass is 19.1. The number of hydrogen-bond acceptors (Lipinski definition) is 2. The van der Waals surface area contributed by atoms with Crippen molar-refractivity contribution in [2.75, 3.05) is 6.61 Å². The Morgan fingerprint density at radius 1 is 1.11 bits per heavy atom. The van der Waals surface area contributed by atoms with Crippen LogP contribution in [0.15, 0.2) is 48.5 Å². The third-order valence-electron chi connectivity index (χ3n) is 2.60. The Bertz CT molecular complexity index is 564. The van der Waals surface area contributed by atoms with Crippen molar-refractivity contribution in [3.63, 3.8) is 0 Å². The van der Waals surface area contributed by atoms with Gasteiger partial charge >= 0.3 is 5.97 Å². The number of aliphatic carboxylic acids is 1. The molecule has 0 aromatic heterocycles. The van der Waals surface area contributed by atoms with Crippen molar-refractivity contribution < 1.29 is 19.0 Å². The second-order valence-electron chi connectivity index (χ2n) is 4.03. The number of carbonyl (C=O) groups is 1. The monoisotopic (exact) mass is 260 g/mol. The Morgan fingerprint density at radius 3 is 2.53 bits per heavy atom. The molecule has 0 amide bonds. The van der Waals surface area contributed by atoms with Crippen LogP contribution < -0.4 is 4.74 Å². The summed E-state index contributed by atoms with van der Waals surface area (Å²) in [5.74, 6) is -0.574. The van der Waals surface area contributed by atoms with E-state index >= 15 is 0 Å². The number of carboxylic acid groups (broad SMARTS) is 1. The lowest BCUT2D eigenvalue weighted by Gasteiger charge is -2.07. The van der Waals surface area contributed by atoms with Crippen molar-refractivity contribution in [2.45, 2.75) is 6.42 Å². The van der Waals surface area contributed by atoms with Gasteiger partial charge in [-0.25, -0.2) is 4.39 Å². The van der Waals surface area contributed by atoms with E-state index in [1.165, 1.54) is 12.1 Å². The van der Waals surface area contributed by atoms with Crippen molar-refractivity contribution >= 4 is 5.97 Å². The van der Waals surface area contributed by atoms with Gasteiger partial charge < -0.3 is 9.84 Å². The summed E-state index contributed by atoms with van der Waals surface area (Å²) >= 11 is 0. The molecule has 0 heterocycles. The number of halogens is 1. The SMILES string of the molecule is O=C(O)CCOc1cccc(-c2ccc(F)cc2)c1. The van der Waals surface area contributed by atoms with E-state index in [4.69, 9.17) is 9.84 Å². The minimum atomic E-state index is -0.894. The third-order valence-corrected chi connectivity index (χ3v) is 2.60. The summed E-state index contributed by atoms with van der Waals surface area (Å²) < 4.78 is 18.2. The maximum Gasteiger partial charge on any atom is 0.306 e. The number of carboxylic acids is 1. The molecule has 1 N–H and O–H groups in total. The lowest BCUT2D eigenvalue weighted by atomic mass is 10.1. The molecule has 0 spiro atoms. The molecule has 0 atom stereocenters. The third kappa shape index (κ3) is 3.81. The van der Waals surface area contributed by atoms with Gasteiger partial charge in [0, 0.05) is 0 Å². The first-order valence-electron chi connectivity index (χ1n) is 5.86. The van der Waals surface area contributed by atoms with Crippen LogP contribution in [0, 0.1) is 5.82 Å². The molecule has 0 aliphatic rings. The van der Waals surface area contributed by atoms with Crippen LogP contribution >= 0.6 is 0 Å². The smallest absolute Gasteiger partial charge is 0.306 e. The molecule has 98 valence electrons. The fourth-order valence-corrected chi connectivity index (χ4v) is 1.66. The number of rotatable bonds is 5. The van der Waals surface area contributed by atoms with Gasteiger partial charge in [-0.2, -0.15) is 0 Å². The second kappa shape index (κ2) is 6.00. The lowest BCUT2D eigenvalue weighted by molar-refractivity contribution is -0.137. The minimum absolute atomic E-state index is 0.0409. The van der Waals surface area contributed by atoms with E-state index < -0.39 is 5.97 Å². The van der Waals surface area contributed by atoms with E-state index in [1.807, 2.05) is 12.1 Å². The Labute approximate surface area is 110 Å². The normalized spacial score (nSPS) is 10.2. The average Bonchev–Trinajstić information content (AvgIpc) is 2.39. The fourth-order valence-electron chi connectivity index (χ4n) is 1.66. The van der Waals surface area contributed by atoms with Crippen LogP contribution in [0.2, 0.25) is 0 Å². The molecular weight excluding hydrogens is 247 g/mol. The molecule has 19 heavy (non-hydrogen) atoms. The van der Waals surface area contributed by atoms with E-state index in [1.54, 1.807) is 24.3 Å². The van der Waals surface area contributed by atoms with Crippen LogP contribution in [0.5, 0.6) is 5.75 Å². The van der Waals surface area contributed by atoms with Gasteiger partial charge in [0.1, 0.15) is 11.6 Å². The molecule has 0 saturated heterocycles. The van der Waals surface area contributed by atoms with E-state index in [0.717, 1.165) is 11.1 Å². The summed E-state index contributed by atoms with van der Waals surface area (Å²) in [6.45, 7) is 0.127. The quantitative estimate of drug-likeness (QED) is 0.896. The first kappa shape index (κ1) is 13.1. The Balaban J connectivity index is 2.10. The first-order valence-corrected chi connectivity index (χ1v) is 5.86. The molecule has 3 nitrogen and oxygen atoms in total. The van der Waals surface area contributed by atoms with Crippen LogP contribution in [0.1, 0.15) is 6.42 Å². The zero-order valence-electron chi connectivity index (χ0n) is 10.2. The molecule has 4 heteroatoms. The highest BCUT2D eigenvalue weighted by Crippen LogP contribution is 2.24. The summed E-state index contributed by atoms with van der Waals surface area (Å²) in [6.07, 6.45) is -0.0409. The molecule has 0 fully saturated rings. The summed E-state index contributed by atoms with van der Waals surface area (Å²) in [7, 11) is 0. The average molecular weight is 260 g/mol. The van der Waals surface area contributed by atoms with Crippen molar-refractivity contribution in [1.82, 2.24) is 0 Å². The van der Waals surface area contributed by atoms with E-state index in [2.05, 4.69) is 0 Å². The highest BCUT2D eigenvalue weighted by Gasteiger charge is 2.02. The predicted molar refractivity (Wildman–Crippen MR) is 69.6 cm³/mol. The van der Waals surface area contributed by atoms with Crippen molar-refractivity contribution in [3.8, 4) is 16.9 Å². The largest absolute Gasteiger partial charge is 0.493 e. The number of hydrogen-bond donors (Lipinski definition) is 1. The molecule has 0 unspecified atom stereocenters. The fraction of sp³-hybridized carbons (Fsp3) is 0.133. The lowest BCUT2D eigenvalue weighted by Crippen LogP contribution is -2.04. The van der Waals surface area contributed by atoms with Gasteiger partial charge in [-0.05, 0) is 35.4 Å². The minimum Gasteiger partial charge on any atom is -0.493 e. The van der Waals surface area contributed by atoms with Crippen LogP contribution in [0.3, 0.4) is 0 Å².